The molecule has 2 aromatic heterocycles. The Kier molecular flexibility index (Phi) is 6.91. The van der Waals surface area contributed by atoms with Crippen molar-refractivity contribution in [2.75, 3.05) is 11.9 Å². The molecule has 1 aliphatic carbocycles. The summed E-state index contributed by atoms with van der Waals surface area (Å²) in [5.74, 6) is -0.121. The van der Waals surface area contributed by atoms with Crippen LogP contribution in [0.3, 0.4) is 0 Å². The average molecular weight is 533 g/mol. The maximum Gasteiger partial charge on any atom is 0.435 e. The molecule has 39 heavy (non-hydrogen) atoms. The normalized spacial score (nSPS) is 17.3. The Morgan fingerprint density at radius 3 is 2.67 bits per heavy atom. The number of benzene rings is 2. The Balaban J connectivity index is 1.41. The molecule has 5 rings (SSSR count). The second-order valence-corrected chi connectivity index (χ2v) is 9.36. The van der Waals surface area contributed by atoms with E-state index in [9.17, 15) is 23.1 Å². The van der Waals surface area contributed by atoms with Crippen LogP contribution in [-0.2, 0) is 6.18 Å². The summed E-state index contributed by atoms with van der Waals surface area (Å²) in [5.41, 5.74) is 6.74. The Bertz CT molecular complexity index is 1580. The van der Waals surface area contributed by atoms with Crippen molar-refractivity contribution in [1.82, 2.24) is 14.8 Å². The first-order valence-electron chi connectivity index (χ1n) is 12.1. The number of nitrogens with two attached hydrogens (primary N) is 1. The maximum atomic E-state index is 13.5. The van der Waals surface area contributed by atoms with Gasteiger partial charge in [-0.2, -0.15) is 23.5 Å². The lowest BCUT2D eigenvalue weighted by molar-refractivity contribution is -0.141. The highest BCUT2D eigenvalue weighted by Crippen LogP contribution is 2.46. The zero-order valence-corrected chi connectivity index (χ0v) is 20.4. The van der Waals surface area contributed by atoms with Crippen LogP contribution in [0.15, 0.2) is 73.1 Å². The summed E-state index contributed by atoms with van der Waals surface area (Å²) >= 11 is 0. The molecular weight excluding hydrogens is 509 g/mol. The Labute approximate surface area is 221 Å². The van der Waals surface area contributed by atoms with Gasteiger partial charge in [0.1, 0.15) is 11.8 Å². The third-order valence-corrected chi connectivity index (χ3v) is 6.66. The number of aliphatic hydroxyl groups excluding tert-OH is 1. The fourth-order valence-corrected chi connectivity index (χ4v) is 4.50. The van der Waals surface area contributed by atoms with Gasteiger partial charge in [-0.05, 0) is 72.3 Å². The first kappa shape index (κ1) is 26.1. The van der Waals surface area contributed by atoms with E-state index >= 15 is 0 Å². The average Bonchev–Trinajstić information content (AvgIpc) is 3.59. The first-order valence-corrected chi connectivity index (χ1v) is 12.1. The molecule has 0 aliphatic heterocycles. The van der Waals surface area contributed by atoms with Crippen molar-refractivity contribution in [3.63, 3.8) is 0 Å². The number of nitriles is 1. The van der Waals surface area contributed by atoms with Crippen molar-refractivity contribution < 1.29 is 23.1 Å². The van der Waals surface area contributed by atoms with Crippen LogP contribution < -0.4 is 11.1 Å². The van der Waals surface area contributed by atoms with Gasteiger partial charge < -0.3 is 16.2 Å². The van der Waals surface area contributed by atoms with Crippen molar-refractivity contribution in [3.8, 4) is 11.8 Å². The second-order valence-electron chi connectivity index (χ2n) is 9.36. The van der Waals surface area contributed by atoms with Gasteiger partial charge in [-0.1, -0.05) is 18.2 Å². The number of carbonyl (C=O) groups is 1. The van der Waals surface area contributed by atoms with Gasteiger partial charge >= 0.3 is 6.18 Å². The number of nitrogens with zero attached hydrogens (tertiary/aromatic N) is 4. The predicted molar refractivity (Wildman–Crippen MR) is 136 cm³/mol. The molecule has 2 aromatic carbocycles. The molecule has 8 nitrogen and oxygen atoms in total. The van der Waals surface area contributed by atoms with Crippen molar-refractivity contribution in [3.05, 3.63) is 107 Å². The van der Waals surface area contributed by atoms with Crippen molar-refractivity contribution in [2.45, 2.75) is 24.6 Å². The van der Waals surface area contributed by atoms with Crippen LogP contribution in [-0.4, -0.2) is 32.3 Å². The smallest absolute Gasteiger partial charge is 0.384 e. The lowest BCUT2D eigenvalue weighted by atomic mass is 10.00. The number of halogens is 3. The van der Waals surface area contributed by atoms with Crippen LogP contribution in [0.4, 0.5) is 18.9 Å². The molecule has 1 fully saturated rings. The van der Waals surface area contributed by atoms with E-state index in [4.69, 9.17) is 11.0 Å². The second kappa shape index (κ2) is 10.3. The number of pyridine rings is 1. The summed E-state index contributed by atoms with van der Waals surface area (Å²) < 4.78 is 41.2. The number of rotatable bonds is 7. The summed E-state index contributed by atoms with van der Waals surface area (Å²) in [5, 5.41) is 26.3. The molecule has 2 heterocycles. The number of hydrogen-bond donors (Lipinski definition) is 3. The highest BCUT2D eigenvalue weighted by atomic mass is 19.4. The van der Waals surface area contributed by atoms with Crippen molar-refractivity contribution in [1.29, 1.82) is 5.26 Å². The van der Waals surface area contributed by atoms with E-state index < -0.39 is 23.9 Å². The van der Waals surface area contributed by atoms with Gasteiger partial charge in [-0.3, -0.25) is 9.78 Å². The molecule has 0 spiro atoms. The van der Waals surface area contributed by atoms with E-state index in [1.165, 1.54) is 30.3 Å². The van der Waals surface area contributed by atoms with Gasteiger partial charge in [0.2, 0.25) is 0 Å². The van der Waals surface area contributed by atoms with E-state index in [-0.39, 0.29) is 22.6 Å². The summed E-state index contributed by atoms with van der Waals surface area (Å²) in [6.45, 7) is 0.590. The van der Waals surface area contributed by atoms with E-state index in [0.29, 0.717) is 35.6 Å². The third-order valence-electron chi connectivity index (χ3n) is 6.66. The number of amides is 1. The first-order chi connectivity index (χ1) is 18.7. The van der Waals surface area contributed by atoms with E-state index in [1.54, 1.807) is 30.6 Å². The molecule has 0 radical (unpaired) electrons. The van der Waals surface area contributed by atoms with Gasteiger partial charge in [0, 0.05) is 29.7 Å². The molecule has 198 valence electrons. The molecule has 3 unspecified atom stereocenters. The van der Waals surface area contributed by atoms with Crippen LogP contribution in [0, 0.1) is 17.2 Å². The fraction of sp³-hybridized carbons (Fsp3) is 0.214. The van der Waals surface area contributed by atoms with E-state index in [2.05, 4.69) is 15.4 Å². The van der Waals surface area contributed by atoms with Gasteiger partial charge in [0.25, 0.3) is 5.91 Å². The highest BCUT2D eigenvalue weighted by molar-refractivity contribution is 6.03. The molecule has 1 amide bonds. The number of carbonyl (C=O) groups excluding carboxylic acids is 1. The van der Waals surface area contributed by atoms with Gasteiger partial charge in [-0.25, -0.2) is 4.68 Å². The number of aliphatic hydroxyl groups is 1. The standard InChI is InChI=1S/C28H23F3N6O2/c29-28(30,31)25-11-24(37(36-25)22-6-1-3-16(7-22)12-32)27(39)35-21-5-2-4-17(9-21)26(38)20-8-19(14-34-15-20)23-10-18(23)13-33/h1-9,11,14-15,18,23,26,38H,10,13,33H2,(H,35,39). The van der Waals surface area contributed by atoms with Crippen molar-refractivity contribution >= 4 is 11.6 Å². The molecule has 4 aromatic rings. The molecule has 4 N–H and O–H groups in total. The predicted octanol–water partition coefficient (Wildman–Crippen LogP) is 4.55. The molecule has 0 saturated heterocycles. The lowest BCUT2D eigenvalue weighted by Crippen LogP contribution is -2.17. The molecule has 1 aliphatic rings. The molecule has 1 saturated carbocycles. The Morgan fingerprint density at radius 2 is 1.95 bits per heavy atom. The van der Waals surface area contributed by atoms with Gasteiger partial charge in [-0.15, -0.1) is 0 Å². The summed E-state index contributed by atoms with van der Waals surface area (Å²) in [4.78, 5) is 17.4. The minimum Gasteiger partial charge on any atom is -0.384 e. The summed E-state index contributed by atoms with van der Waals surface area (Å²) in [7, 11) is 0. The third kappa shape index (κ3) is 5.52. The van der Waals surface area contributed by atoms with Gasteiger partial charge in [0.15, 0.2) is 5.69 Å². The van der Waals surface area contributed by atoms with Crippen LogP contribution in [0.5, 0.6) is 0 Å². The van der Waals surface area contributed by atoms with Crippen LogP contribution in [0.2, 0.25) is 0 Å². The molecular formula is C28H23F3N6O2. The van der Waals surface area contributed by atoms with E-state index in [0.717, 1.165) is 16.7 Å². The zero-order chi connectivity index (χ0) is 27.7. The monoisotopic (exact) mass is 532 g/mol. The Morgan fingerprint density at radius 1 is 1.15 bits per heavy atom. The lowest BCUT2D eigenvalue weighted by Gasteiger charge is -2.14. The number of hydrogen-bond acceptors (Lipinski definition) is 6. The van der Waals surface area contributed by atoms with Crippen molar-refractivity contribution in [2.24, 2.45) is 11.7 Å². The summed E-state index contributed by atoms with van der Waals surface area (Å²) in [6, 6.07) is 16.6. The minimum absolute atomic E-state index is 0.124. The van der Waals surface area contributed by atoms with E-state index in [1.807, 2.05) is 12.1 Å². The van der Waals surface area contributed by atoms with Gasteiger partial charge in [0.05, 0.1) is 17.3 Å². The number of alkyl halides is 3. The molecule has 3 atom stereocenters. The van der Waals surface area contributed by atoms with Crippen LogP contribution in [0.1, 0.15) is 56.9 Å². The minimum atomic E-state index is -4.79. The topological polar surface area (TPSA) is 130 Å². The molecule has 0 bridgehead atoms. The molecule has 11 heteroatoms. The largest absolute Gasteiger partial charge is 0.435 e. The highest BCUT2D eigenvalue weighted by Gasteiger charge is 2.38. The number of anilines is 1. The summed E-state index contributed by atoms with van der Waals surface area (Å²) in [6.07, 6.45) is -1.53. The zero-order valence-electron chi connectivity index (χ0n) is 20.4. The SMILES string of the molecule is N#Cc1cccc(-n2nc(C(F)(F)F)cc2C(=O)Nc2cccc(C(O)c3cncc(C4CC4CN)c3)c2)c1. The van der Waals surface area contributed by atoms with Crippen LogP contribution in [0.25, 0.3) is 5.69 Å². The van der Waals surface area contributed by atoms with Crippen LogP contribution >= 0.6 is 0 Å². The number of nitrogens with one attached hydrogen (secondary N) is 1. The quantitative estimate of drug-likeness (QED) is 0.320. The number of aromatic nitrogens is 3. The fourth-order valence-electron chi connectivity index (χ4n) is 4.50. The maximum absolute atomic E-state index is 13.5. The Hall–Kier alpha value is -4.53.